The van der Waals surface area contributed by atoms with Gasteiger partial charge in [0, 0.05) is 13.1 Å². The Kier molecular flexibility index (Phi) is 3.04. The molecule has 0 aromatic heterocycles. The number of piperidine rings is 1. The van der Waals surface area contributed by atoms with E-state index in [4.69, 9.17) is 4.74 Å². The van der Waals surface area contributed by atoms with Gasteiger partial charge in [-0.1, -0.05) is 12.1 Å². The summed E-state index contributed by atoms with van der Waals surface area (Å²) >= 11 is 0. The lowest BCUT2D eigenvalue weighted by Gasteiger charge is -2.29. The van der Waals surface area contributed by atoms with E-state index in [1.54, 1.807) is 0 Å². The van der Waals surface area contributed by atoms with Crippen molar-refractivity contribution in [1.29, 1.82) is 0 Å². The standard InChI is InChI=1S/C12H16NO/c1-13-9-7-12(8-10-13)14-11-5-3-2-4-6-11/h3-6,12H,7-10H2,1H3. The van der Waals surface area contributed by atoms with Crippen LogP contribution in [0.1, 0.15) is 12.8 Å². The molecule has 1 aliphatic rings. The predicted octanol–water partition coefficient (Wildman–Crippen LogP) is 1.96. The third-order valence-corrected chi connectivity index (χ3v) is 2.66. The summed E-state index contributed by atoms with van der Waals surface area (Å²) in [6.45, 7) is 2.28. The summed E-state index contributed by atoms with van der Waals surface area (Å²) in [7, 11) is 2.16. The maximum atomic E-state index is 5.86. The van der Waals surface area contributed by atoms with E-state index in [9.17, 15) is 0 Å². The largest absolute Gasteiger partial charge is 0.490 e. The average molecular weight is 190 g/mol. The van der Waals surface area contributed by atoms with Crippen molar-refractivity contribution < 1.29 is 4.74 Å². The molecule has 75 valence electrons. The second kappa shape index (κ2) is 4.47. The van der Waals surface area contributed by atoms with Crippen molar-refractivity contribution in [2.75, 3.05) is 20.1 Å². The van der Waals surface area contributed by atoms with E-state index in [-0.39, 0.29) is 0 Å². The first-order chi connectivity index (χ1) is 6.84. The first-order valence-electron chi connectivity index (χ1n) is 5.16. The fraction of sp³-hybridized carbons (Fsp3) is 0.500. The second-order valence-corrected chi connectivity index (χ2v) is 3.86. The summed E-state index contributed by atoms with van der Waals surface area (Å²) in [5.74, 6) is 0.971. The van der Waals surface area contributed by atoms with Gasteiger partial charge in [-0.15, -0.1) is 0 Å². The van der Waals surface area contributed by atoms with Crippen LogP contribution in [0.5, 0.6) is 5.75 Å². The van der Waals surface area contributed by atoms with Crippen LogP contribution in [-0.4, -0.2) is 31.1 Å². The molecule has 0 aliphatic carbocycles. The first-order valence-corrected chi connectivity index (χ1v) is 5.16. The zero-order valence-corrected chi connectivity index (χ0v) is 8.57. The molecule has 0 atom stereocenters. The van der Waals surface area contributed by atoms with Gasteiger partial charge in [-0.05, 0) is 38.1 Å². The molecular weight excluding hydrogens is 174 g/mol. The lowest BCUT2D eigenvalue weighted by atomic mass is 10.1. The number of hydrogen-bond donors (Lipinski definition) is 0. The number of nitrogens with zero attached hydrogens (tertiary/aromatic N) is 1. The highest BCUT2D eigenvalue weighted by Crippen LogP contribution is 2.17. The van der Waals surface area contributed by atoms with E-state index in [2.05, 4.69) is 18.0 Å². The fourth-order valence-electron chi connectivity index (χ4n) is 1.75. The van der Waals surface area contributed by atoms with Crippen LogP contribution in [-0.2, 0) is 0 Å². The van der Waals surface area contributed by atoms with Crippen LogP contribution in [0.2, 0.25) is 0 Å². The highest BCUT2D eigenvalue weighted by Gasteiger charge is 2.17. The number of rotatable bonds is 2. The SMILES string of the molecule is CN1CCC(Oc2cc[c]cc2)CC1. The van der Waals surface area contributed by atoms with Crippen LogP contribution >= 0.6 is 0 Å². The van der Waals surface area contributed by atoms with Crippen LogP contribution in [0.3, 0.4) is 0 Å². The maximum Gasteiger partial charge on any atom is 0.119 e. The van der Waals surface area contributed by atoms with Crippen molar-refractivity contribution in [2.45, 2.75) is 18.9 Å². The zero-order valence-electron chi connectivity index (χ0n) is 8.57. The summed E-state index contributed by atoms with van der Waals surface area (Å²) < 4.78 is 5.86. The Bertz CT molecular complexity index is 265. The van der Waals surface area contributed by atoms with Gasteiger partial charge < -0.3 is 9.64 Å². The minimum Gasteiger partial charge on any atom is -0.490 e. The fourth-order valence-corrected chi connectivity index (χ4v) is 1.75. The third-order valence-electron chi connectivity index (χ3n) is 2.66. The van der Waals surface area contributed by atoms with Crippen LogP contribution in [0.15, 0.2) is 24.3 Å². The van der Waals surface area contributed by atoms with Crippen LogP contribution < -0.4 is 4.74 Å². The topological polar surface area (TPSA) is 12.5 Å². The summed E-state index contributed by atoms with van der Waals surface area (Å²) in [6, 6.07) is 10.7. The molecule has 1 aromatic carbocycles. The van der Waals surface area contributed by atoms with Crippen molar-refractivity contribution in [2.24, 2.45) is 0 Å². The molecule has 1 radical (unpaired) electrons. The maximum absolute atomic E-state index is 5.86. The van der Waals surface area contributed by atoms with Crippen molar-refractivity contribution in [3.63, 3.8) is 0 Å². The van der Waals surface area contributed by atoms with Crippen molar-refractivity contribution in [3.8, 4) is 5.75 Å². The van der Waals surface area contributed by atoms with Gasteiger partial charge in [-0.2, -0.15) is 0 Å². The lowest BCUT2D eigenvalue weighted by molar-refractivity contribution is 0.114. The van der Waals surface area contributed by atoms with Gasteiger partial charge in [0.2, 0.25) is 0 Å². The smallest absolute Gasteiger partial charge is 0.119 e. The van der Waals surface area contributed by atoms with Gasteiger partial charge in [0.1, 0.15) is 11.9 Å². The Morgan fingerprint density at radius 2 is 1.93 bits per heavy atom. The molecule has 2 rings (SSSR count). The van der Waals surface area contributed by atoms with Gasteiger partial charge in [-0.3, -0.25) is 0 Å². The van der Waals surface area contributed by atoms with Gasteiger partial charge in [-0.25, -0.2) is 0 Å². The van der Waals surface area contributed by atoms with E-state index in [1.807, 2.05) is 24.3 Å². The molecule has 0 N–H and O–H groups in total. The van der Waals surface area contributed by atoms with Crippen LogP contribution in [0, 0.1) is 6.07 Å². The Labute approximate surface area is 85.5 Å². The van der Waals surface area contributed by atoms with Gasteiger partial charge in [0.05, 0.1) is 0 Å². The Hall–Kier alpha value is -1.02. The molecule has 14 heavy (non-hydrogen) atoms. The molecule has 0 unspecified atom stereocenters. The molecule has 0 bridgehead atoms. The van der Waals surface area contributed by atoms with E-state index >= 15 is 0 Å². The summed E-state index contributed by atoms with van der Waals surface area (Å²) in [5, 5.41) is 0. The lowest BCUT2D eigenvalue weighted by Crippen LogP contribution is -2.35. The quantitative estimate of drug-likeness (QED) is 0.707. The number of likely N-dealkylation sites (tertiary alicyclic amines) is 1. The molecule has 0 spiro atoms. The molecule has 0 saturated carbocycles. The Morgan fingerprint density at radius 1 is 1.29 bits per heavy atom. The first kappa shape index (κ1) is 9.53. The zero-order chi connectivity index (χ0) is 9.80. The summed E-state index contributed by atoms with van der Waals surface area (Å²) in [5.41, 5.74) is 0. The van der Waals surface area contributed by atoms with Crippen molar-refractivity contribution in [1.82, 2.24) is 4.90 Å². The minimum atomic E-state index is 0.397. The molecule has 1 aromatic rings. The molecule has 1 heterocycles. The van der Waals surface area contributed by atoms with Crippen molar-refractivity contribution >= 4 is 0 Å². The monoisotopic (exact) mass is 190 g/mol. The van der Waals surface area contributed by atoms with Gasteiger partial charge >= 0.3 is 0 Å². The van der Waals surface area contributed by atoms with Crippen LogP contribution in [0.25, 0.3) is 0 Å². The van der Waals surface area contributed by atoms with E-state index in [0.717, 1.165) is 31.7 Å². The average Bonchev–Trinajstić information content (AvgIpc) is 2.23. The molecule has 2 nitrogen and oxygen atoms in total. The number of hydrogen-bond acceptors (Lipinski definition) is 2. The Morgan fingerprint density at radius 3 is 2.57 bits per heavy atom. The summed E-state index contributed by atoms with van der Waals surface area (Å²) in [4.78, 5) is 2.35. The number of benzene rings is 1. The molecular formula is C12H16NO. The van der Waals surface area contributed by atoms with Gasteiger partial charge in [0.25, 0.3) is 0 Å². The van der Waals surface area contributed by atoms with Crippen molar-refractivity contribution in [3.05, 3.63) is 30.3 Å². The molecule has 1 aliphatic heterocycles. The summed E-state index contributed by atoms with van der Waals surface area (Å²) in [6.07, 6.45) is 2.66. The highest BCUT2D eigenvalue weighted by molar-refractivity contribution is 5.20. The Balaban J connectivity index is 1.87. The number of ether oxygens (including phenoxy) is 1. The second-order valence-electron chi connectivity index (χ2n) is 3.86. The molecule has 0 amide bonds. The normalized spacial score (nSPS) is 19.5. The van der Waals surface area contributed by atoms with E-state index < -0.39 is 0 Å². The highest BCUT2D eigenvalue weighted by atomic mass is 16.5. The van der Waals surface area contributed by atoms with Gasteiger partial charge in [0.15, 0.2) is 0 Å². The third kappa shape index (κ3) is 2.48. The van der Waals surface area contributed by atoms with E-state index in [0.29, 0.717) is 6.10 Å². The van der Waals surface area contributed by atoms with E-state index in [1.165, 1.54) is 0 Å². The van der Waals surface area contributed by atoms with Crippen LogP contribution in [0.4, 0.5) is 0 Å². The minimum absolute atomic E-state index is 0.397. The molecule has 1 fully saturated rings. The molecule has 2 heteroatoms. The predicted molar refractivity (Wildman–Crippen MR) is 56.4 cm³/mol. The molecule has 1 saturated heterocycles.